The van der Waals surface area contributed by atoms with Crippen molar-refractivity contribution in [2.45, 2.75) is 12.6 Å². The summed E-state index contributed by atoms with van der Waals surface area (Å²) in [6.07, 6.45) is 2.01. The predicted molar refractivity (Wildman–Crippen MR) is 40.2 cm³/mol. The number of nitrogens with zero attached hydrogens (tertiary/aromatic N) is 1. The number of hydrogen-bond donors (Lipinski definition) is 0. The van der Waals surface area contributed by atoms with E-state index in [2.05, 4.69) is 0 Å². The third kappa shape index (κ3) is 2.41. The summed E-state index contributed by atoms with van der Waals surface area (Å²) in [5.74, 6) is 0. The molecule has 11 heavy (non-hydrogen) atoms. The van der Waals surface area contributed by atoms with Crippen molar-refractivity contribution in [3.8, 4) is 0 Å². The monoisotopic (exact) mass is 180 g/mol. The summed E-state index contributed by atoms with van der Waals surface area (Å²) >= 11 is 0. The Hall–Kier alpha value is -0.160. The van der Waals surface area contributed by atoms with Crippen LogP contribution in [0.2, 0.25) is 0 Å². The number of alkyl halides is 1. The van der Waals surface area contributed by atoms with Crippen molar-refractivity contribution < 1.29 is 12.8 Å². The summed E-state index contributed by atoms with van der Waals surface area (Å²) in [6.45, 7) is 0.401. The molecule has 0 spiro atoms. The van der Waals surface area contributed by atoms with Crippen molar-refractivity contribution in [2.75, 3.05) is 19.3 Å². The van der Waals surface area contributed by atoms with Gasteiger partial charge < -0.3 is 0 Å². The lowest BCUT2D eigenvalue weighted by atomic mass is 10.1. The van der Waals surface area contributed by atoms with Gasteiger partial charge in [0.15, 0.2) is 0 Å². The van der Waals surface area contributed by atoms with Crippen LogP contribution >= 0.6 is 0 Å². The molecule has 0 aliphatic carbocycles. The minimum Gasteiger partial charge on any atom is -0.246 e. The molecule has 0 aromatic heterocycles. The van der Waals surface area contributed by atoms with E-state index in [1.54, 1.807) is 0 Å². The SMILES string of the molecule is CS(=O)(=O)N1CC[CH]C(F)C1. The van der Waals surface area contributed by atoms with E-state index in [1.807, 2.05) is 0 Å². The predicted octanol–water partition coefficient (Wildman–Crippen LogP) is 0.194. The summed E-state index contributed by atoms with van der Waals surface area (Å²) in [5, 5.41) is 0. The number of piperidine rings is 1. The maximum atomic E-state index is 12.6. The normalized spacial score (nSPS) is 28.7. The lowest BCUT2D eigenvalue weighted by Gasteiger charge is -2.26. The van der Waals surface area contributed by atoms with Crippen LogP contribution in [-0.2, 0) is 10.0 Å². The first kappa shape index (κ1) is 8.93. The molecule has 0 amide bonds. The van der Waals surface area contributed by atoms with Crippen LogP contribution in [0.15, 0.2) is 0 Å². The van der Waals surface area contributed by atoms with Gasteiger partial charge in [-0.05, 0) is 12.8 Å². The van der Waals surface area contributed by atoms with E-state index >= 15 is 0 Å². The number of sulfonamides is 1. The molecule has 3 nitrogen and oxygen atoms in total. The molecule has 1 atom stereocenters. The molecular weight excluding hydrogens is 169 g/mol. The van der Waals surface area contributed by atoms with Crippen molar-refractivity contribution in [1.29, 1.82) is 0 Å². The second kappa shape index (κ2) is 3.06. The molecule has 1 radical (unpaired) electrons. The molecule has 0 bridgehead atoms. The summed E-state index contributed by atoms with van der Waals surface area (Å²) < 4.78 is 35.5. The number of hydrogen-bond acceptors (Lipinski definition) is 2. The summed E-state index contributed by atoms with van der Waals surface area (Å²) in [7, 11) is -3.19. The average molecular weight is 180 g/mol. The minimum absolute atomic E-state index is 0.0150. The summed E-state index contributed by atoms with van der Waals surface area (Å²) in [4.78, 5) is 0. The van der Waals surface area contributed by atoms with Gasteiger partial charge in [0.2, 0.25) is 10.0 Å². The van der Waals surface area contributed by atoms with E-state index in [9.17, 15) is 12.8 Å². The highest BCUT2D eigenvalue weighted by Gasteiger charge is 2.25. The Morgan fingerprint density at radius 1 is 1.64 bits per heavy atom. The van der Waals surface area contributed by atoms with E-state index in [0.29, 0.717) is 13.0 Å². The molecule has 5 heteroatoms. The van der Waals surface area contributed by atoms with Crippen LogP contribution in [0.3, 0.4) is 0 Å². The molecule has 65 valence electrons. The summed E-state index contributed by atoms with van der Waals surface area (Å²) in [5.41, 5.74) is 0. The molecule has 1 aliphatic rings. The highest BCUT2D eigenvalue weighted by Crippen LogP contribution is 2.13. The fourth-order valence-electron chi connectivity index (χ4n) is 1.06. The van der Waals surface area contributed by atoms with Crippen LogP contribution in [0.25, 0.3) is 0 Å². The molecule has 0 aromatic rings. The Bertz CT molecular complexity index is 227. The van der Waals surface area contributed by atoms with E-state index < -0.39 is 16.2 Å². The van der Waals surface area contributed by atoms with E-state index in [-0.39, 0.29) is 6.54 Å². The van der Waals surface area contributed by atoms with Crippen LogP contribution in [-0.4, -0.2) is 38.2 Å². The molecular formula is C6H11FNO2S. The first-order valence-corrected chi connectivity index (χ1v) is 5.27. The molecule has 0 aromatic carbocycles. The zero-order valence-electron chi connectivity index (χ0n) is 6.33. The first-order chi connectivity index (χ1) is 5.00. The molecule has 1 unspecified atom stereocenters. The van der Waals surface area contributed by atoms with Crippen molar-refractivity contribution in [3.63, 3.8) is 0 Å². The van der Waals surface area contributed by atoms with Gasteiger partial charge in [-0.15, -0.1) is 0 Å². The van der Waals surface area contributed by atoms with Gasteiger partial charge in [-0.1, -0.05) is 0 Å². The maximum Gasteiger partial charge on any atom is 0.211 e. The fraction of sp³-hybridized carbons (Fsp3) is 0.833. The van der Waals surface area contributed by atoms with E-state index in [0.717, 1.165) is 10.6 Å². The Morgan fingerprint density at radius 2 is 2.27 bits per heavy atom. The Kier molecular flexibility index (Phi) is 2.49. The second-order valence-corrected chi connectivity index (χ2v) is 4.64. The zero-order valence-corrected chi connectivity index (χ0v) is 7.14. The lowest BCUT2D eigenvalue weighted by molar-refractivity contribution is 0.253. The topological polar surface area (TPSA) is 37.4 Å². The Balaban J connectivity index is 2.60. The third-order valence-corrected chi connectivity index (χ3v) is 2.92. The Morgan fingerprint density at radius 3 is 2.64 bits per heavy atom. The van der Waals surface area contributed by atoms with Crippen LogP contribution in [0.4, 0.5) is 4.39 Å². The molecule has 1 heterocycles. The van der Waals surface area contributed by atoms with Gasteiger partial charge in [-0.3, -0.25) is 0 Å². The lowest BCUT2D eigenvalue weighted by Crippen LogP contribution is -2.40. The molecule has 0 saturated carbocycles. The van der Waals surface area contributed by atoms with Crippen LogP contribution in [0.1, 0.15) is 6.42 Å². The molecule has 1 fully saturated rings. The highest BCUT2D eigenvalue weighted by atomic mass is 32.2. The van der Waals surface area contributed by atoms with Crippen LogP contribution < -0.4 is 0 Å². The van der Waals surface area contributed by atoms with Gasteiger partial charge in [0.1, 0.15) is 6.17 Å². The Labute approximate surface area is 66.2 Å². The number of rotatable bonds is 1. The molecule has 1 aliphatic heterocycles. The smallest absolute Gasteiger partial charge is 0.211 e. The third-order valence-electron chi connectivity index (χ3n) is 1.65. The largest absolute Gasteiger partial charge is 0.246 e. The second-order valence-electron chi connectivity index (χ2n) is 2.66. The standard InChI is InChI=1S/C6H11FNO2S/c1-11(9,10)8-4-2-3-6(7)5-8/h3,6H,2,4-5H2,1H3. The fourth-order valence-corrected chi connectivity index (χ4v) is 1.91. The van der Waals surface area contributed by atoms with Crippen molar-refractivity contribution in [3.05, 3.63) is 6.42 Å². The van der Waals surface area contributed by atoms with E-state index in [1.165, 1.54) is 6.42 Å². The van der Waals surface area contributed by atoms with Gasteiger partial charge in [-0.25, -0.2) is 12.8 Å². The first-order valence-electron chi connectivity index (χ1n) is 3.42. The quantitative estimate of drug-likeness (QED) is 0.578. The zero-order chi connectivity index (χ0) is 8.48. The van der Waals surface area contributed by atoms with Gasteiger partial charge in [0.25, 0.3) is 0 Å². The van der Waals surface area contributed by atoms with Crippen molar-refractivity contribution in [2.24, 2.45) is 0 Å². The minimum atomic E-state index is -3.19. The number of halogens is 1. The average Bonchev–Trinajstić information content (AvgIpc) is 1.86. The molecule has 1 rings (SSSR count). The molecule has 0 N–H and O–H groups in total. The van der Waals surface area contributed by atoms with Crippen LogP contribution in [0.5, 0.6) is 0 Å². The van der Waals surface area contributed by atoms with Gasteiger partial charge in [-0.2, -0.15) is 4.31 Å². The van der Waals surface area contributed by atoms with E-state index in [4.69, 9.17) is 0 Å². The molecule has 1 saturated heterocycles. The van der Waals surface area contributed by atoms with Crippen LogP contribution in [0, 0.1) is 6.42 Å². The maximum absolute atomic E-state index is 12.6. The van der Waals surface area contributed by atoms with Gasteiger partial charge >= 0.3 is 0 Å². The highest BCUT2D eigenvalue weighted by molar-refractivity contribution is 7.88. The van der Waals surface area contributed by atoms with Crippen molar-refractivity contribution >= 4 is 10.0 Å². The van der Waals surface area contributed by atoms with Crippen molar-refractivity contribution in [1.82, 2.24) is 4.31 Å². The summed E-state index contributed by atoms with van der Waals surface area (Å²) in [6, 6.07) is 0. The van der Waals surface area contributed by atoms with Gasteiger partial charge in [0.05, 0.1) is 6.26 Å². The van der Waals surface area contributed by atoms with Gasteiger partial charge in [0, 0.05) is 13.1 Å².